The maximum absolute atomic E-state index is 11.7. The first-order valence-corrected chi connectivity index (χ1v) is 8.03. The van der Waals surface area contributed by atoms with Crippen LogP contribution in [0.1, 0.15) is 41.1 Å². The van der Waals surface area contributed by atoms with Crippen LogP contribution in [0.4, 0.5) is 0 Å². The molecule has 0 saturated carbocycles. The molecule has 0 bridgehead atoms. The Balaban J connectivity index is 2.08. The number of carboxylic acids is 1. The standard InChI is InChI=1S/C19H22N2O2/c1-13-5-7-15(8-6-13)18(16-9-10-20-12-14(16)2)21-11-3-4-17(21)19(22)23/h5-10,12,17-18H,3-4,11H2,1-2H3,(H,22,23). The number of carboxylic acid groups (broad SMARTS) is 1. The third kappa shape index (κ3) is 3.13. The lowest BCUT2D eigenvalue weighted by atomic mass is 9.93. The van der Waals surface area contributed by atoms with Crippen LogP contribution in [-0.4, -0.2) is 33.5 Å². The molecule has 1 aliphatic heterocycles. The van der Waals surface area contributed by atoms with E-state index < -0.39 is 12.0 Å². The van der Waals surface area contributed by atoms with Gasteiger partial charge in [-0.3, -0.25) is 14.7 Å². The normalized spacial score (nSPS) is 19.7. The quantitative estimate of drug-likeness (QED) is 0.941. The first-order chi connectivity index (χ1) is 11.1. The summed E-state index contributed by atoms with van der Waals surface area (Å²) in [4.78, 5) is 18.0. The number of aliphatic carboxylic acids is 1. The molecule has 23 heavy (non-hydrogen) atoms. The minimum atomic E-state index is -0.730. The molecule has 120 valence electrons. The number of pyridine rings is 1. The molecule has 2 heterocycles. The minimum absolute atomic E-state index is 0.0396. The van der Waals surface area contributed by atoms with E-state index in [2.05, 4.69) is 41.1 Å². The molecule has 1 aromatic heterocycles. The molecule has 1 aromatic carbocycles. The van der Waals surface area contributed by atoms with E-state index in [1.165, 1.54) is 5.56 Å². The van der Waals surface area contributed by atoms with Crippen LogP contribution in [-0.2, 0) is 4.79 Å². The predicted octanol–water partition coefficient (Wildman–Crippen LogP) is 3.34. The summed E-state index contributed by atoms with van der Waals surface area (Å²) in [6.07, 6.45) is 5.27. The van der Waals surface area contributed by atoms with Gasteiger partial charge >= 0.3 is 5.97 Å². The molecule has 3 rings (SSSR count). The lowest BCUT2D eigenvalue weighted by Crippen LogP contribution is -2.39. The molecule has 2 aromatic rings. The number of aryl methyl sites for hydroxylation is 2. The number of likely N-dealkylation sites (tertiary alicyclic amines) is 1. The molecular weight excluding hydrogens is 288 g/mol. The Bertz CT molecular complexity index is 697. The second-order valence-corrected chi connectivity index (χ2v) is 6.28. The van der Waals surface area contributed by atoms with E-state index in [-0.39, 0.29) is 6.04 Å². The van der Waals surface area contributed by atoms with Crippen LogP contribution in [0.15, 0.2) is 42.7 Å². The van der Waals surface area contributed by atoms with Crippen molar-refractivity contribution in [2.75, 3.05) is 6.54 Å². The highest BCUT2D eigenvalue weighted by Gasteiger charge is 2.37. The monoisotopic (exact) mass is 310 g/mol. The predicted molar refractivity (Wildman–Crippen MR) is 89.4 cm³/mol. The van der Waals surface area contributed by atoms with Crippen LogP contribution >= 0.6 is 0 Å². The van der Waals surface area contributed by atoms with Crippen molar-refractivity contribution in [1.82, 2.24) is 9.88 Å². The van der Waals surface area contributed by atoms with Crippen molar-refractivity contribution >= 4 is 5.97 Å². The molecule has 1 fully saturated rings. The Morgan fingerprint density at radius 1 is 1.26 bits per heavy atom. The van der Waals surface area contributed by atoms with Crippen molar-refractivity contribution in [2.45, 2.75) is 38.8 Å². The Morgan fingerprint density at radius 3 is 2.65 bits per heavy atom. The number of benzene rings is 1. The number of nitrogens with zero attached hydrogens (tertiary/aromatic N) is 2. The van der Waals surface area contributed by atoms with Crippen LogP contribution in [0.25, 0.3) is 0 Å². The fourth-order valence-corrected chi connectivity index (χ4v) is 3.45. The maximum atomic E-state index is 11.7. The average molecular weight is 310 g/mol. The van der Waals surface area contributed by atoms with E-state index in [0.717, 1.165) is 29.7 Å². The average Bonchev–Trinajstić information content (AvgIpc) is 3.01. The fourth-order valence-electron chi connectivity index (χ4n) is 3.45. The number of aromatic nitrogens is 1. The van der Waals surface area contributed by atoms with Crippen molar-refractivity contribution in [3.05, 3.63) is 65.0 Å². The van der Waals surface area contributed by atoms with Gasteiger partial charge in [0, 0.05) is 18.9 Å². The maximum Gasteiger partial charge on any atom is 0.320 e. The summed E-state index contributed by atoms with van der Waals surface area (Å²) in [6.45, 7) is 4.90. The number of hydrogen-bond donors (Lipinski definition) is 1. The van der Waals surface area contributed by atoms with Gasteiger partial charge in [-0.1, -0.05) is 29.8 Å². The van der Waals surface area contributed by atoms with Crippen molar-refractivity contribution in [3.63, 3.8) is 0 Å². The lowest BCUT2D eigenvalue weighted by molar-refractivity contribution is -0.142. The van der Waals surface area contributed by atoms with Gasteiger partial charge in [-0.25, -0.2) is 0 Å². The first-order valence-electron chi connectivity index (χ1n) is 8.03. The second kappa shape index (κ2) is 6.50. The Hall–Kier alpha value is -2.20. The molecule has 1 N–H and O–H groups in total. The second-order valence-electron chi connectivity index (χ2n) is 6.28. The van der Waals surface area contributed by atoms with E-state index in [1.807, 2.05) is 19.2 Å². The summed E-state index contributed by atoms with van der Waals surface area (Å²) in [5, 5.41) is 9.59. The van der Waals surface area contributed by atoms with E-state index in [1.54, 1.807) is 6.20 Å². The molecule has 1 saturated heterocycles. The Kier molecular flexibility index (Phi) is 4.44. The summed E-state index contributed by atoms with van der Waals surface area (Å²) < 4.78 is 0. The van der Waals surface area contributed by atoms with Gasteiger partial charge in [-0.2, -0.15) is 0 Å². The van der Waals surface area contributed by atoms with E-state index in [0.29, 0.717) is 6.42 Å². The van der Waals surface area contributed by atoms with Crippen LogP contribution in [0.3, 0.4) is 0 Å². The van der Waals surface area contributed by atoms with Gasteiger partial charge in [0.1, 0.15) is 6.04 Å². The molecule has 2 atom stereocenters. The topological polar surface area (TPSA) is 53.4 Å². The smallest absolute Gasteiger partial charge is 0.320 e. The highest BCUT2D eigenvalue weighted by Crippen LogP contribution is 2.36. The number of carbonyl (C=O) groups is 1. The minimum Gasteiger partial charge on any atom is -0.480 e. The van der Waals surface area contributed by atoms with E-state index in [4.69, 9.17) is 0 Å². The fraction of sp³-hybridized carbons (Fsp3) is 0.368. The first kappa shape index (κ1) is 15.7. The molecule has 0 aliphatic carbocycles. The van der Waals surface area contributed by atoms with E-state index >= 15 is 0 Å². The summed E-state index contributed by atoms with van der Waals surface area (Å²) in [6, 6.07) is 9.94. The molecule has 0 spiro atoms. The van der Waals surface area contributed by atoms with Gasteiger partial charge in [0.25, 0.3) is 0 Å². The summed E-state index contributed by atoms with van der Waals surface area (Å²) in [5.74, 6) is -0.730. The molecule has 0 amide bonds. The molecule has 1 aliphatic rings. The van der Waals surface area contributed by atoms with Gasteiger partial charge in [0.2, 0.25) is 0 Å². The highest BCUT2D eigenvalue weighted by atomic mass is 16.4. The number of rotatable bonds is 4. The summed E-state index contributed by atoms with van der Waals surface area (Å²) in [7, 11) is 0. The van der Waals surface area contributed by atoms with Gasteiger partial charge in [-0.05, 0) is 49.4 Å². The summed E-state index contributed by atoms with van der Waals surface area (Å²) in [5.41, 5.74) is 4.57. The largest absolute Gasteiger partial charge is 0.480 e. The summed E-state index contributed by atoms with van der Waals surface area (Å²) >= 11 is 0. The van der Waals surface area contributed by atoms with Gasteiger partial charge in [0.15, 0.2) is 0 Å². The zero-order chi connectivity index (χ0) is 16.4. The van der Waals surface area contributed by atoms with Gasteiger partial charge in [-0.15, -0.1) is 0 Å². The lowest BCUT2D eigenvalue weighted by Gasteiger charge is -2.32. The molecular formula is C19H22N2O2. The van der Waals surface area contributed by atoms with Crippen LogP contribution in [0.5, 0.6) is 0 Å². The van der Waals surface area contributed by atoms with Crippen molar-refractivity contribution in [1.29, 1.82) is 0 Å². The van der Waals surface area contributed by atoms with Gasteiger partial charge < -0.3 is 5.11 Å². The molecule has 2 unspecified atom stereocenters. The number of hydrogen-bond acceptors (Lipinski definition) is 3. The van der Waals surface area contributed by atoms with Crippen molar-refractivity contribution in [3.8, 4) is 0 Å². The van der Waals surface area contributed by atoms with Crippen LogP contribution in [0.2, 0.25) is 0 Å². The Morgan fingerprint density at radius 2 is 2.00 bits per heavy atom. The van der Waals surface area contributed by atoms with Crippen LogP contribution < -0.4 is 0 Å². The molecule has 0 radical (unpaired) electrons. The highest BCUT2D eigenvalue weighted by molar-refractivity contribution is 5.74. The van der Waals surface area contributed by atoms with Gasteiger partial charge in [0.05, 0.1) is 6.04 Å². The molecule has 4 nitrogen and oxygen atoms in total. The Labute approximate surface area is 136 Å². The van der Waals surface area contributed by atoms with Crippen molar-refractivity contribution < 1.29 is 9.90 Å². The SMILES string of the molecule is Cc1ccc(C(c2ccncc2C)N2CCCC2C(=O)O)cc1. The zero-order valence-corrected chi connectivity index (χ0v) is 13.6. The third-order valence-electron chi connectivity index (χ3n) is 4.66. The van der Waals surface area contributed by atoms with Crippen molar-refractivity contribution in [2.24, 2.45) is 0 Å². The zero-order valence-electron chi connectivity index (χ0n) is 13.6. The molecule has 4 heteroatoms. The van der Waals surface area contributed by atoms with E-state index in [9.17, 15) is 9.90 Å². The third-order valence-corrected chi connectivity index (χ3v) is 4.66. The van der Waals surface area contributed by atoms with Crippen LogP contribution in [0, 0.1) is 13.8 Å².